The number of anilines is 1. The van der Waals surface area contributed by atoms with Gasteiger partial charge in [-0.25, -0.2) is 4.39 Å². The van der Waals surface area contributed by atoms with Crippen molar-refractivity contribution in [2.45, 2.75) is 12.5 Å². The second-order valence-corrected chi connectivity index (χ2v) is 4.75. The fourth-order valence-electron chi connectivity index (χ4n) is 1.89. The minimum absolute atomic E-state index is 0.0627. The predicted molar refractivity (Wildman–Crippen MR) is 63.6 cm³/mol. The summed E-state index contributed by atoms with van der Waals surface area (Å²) in [6.45, 7) is 0.783. The van der Waals surface area contributed by atoms with Gasteiger partial charge in [-0.1, -0.05) is 0 Å². The van der Waals surface area contributed by atoms with Gasteiger partial charge in [0.05, 0.1) is 15.5 Å². The molecule has 0 aliphatic carbocycles. The van der Waals surface area contributed by atoms with Crippen LogP contribution in [0, 0.1) is 15.9 Å². The number of β-amino-alcohol motifs (C(OH)–C–C–N with tert-alkyl or cyclic N) is 1. The number of benzene rings is 1. The van der Waals surface area contributed by atoms with E-state index >= 15 is 0 Å². The topological polar surface area (TPSA) is 66.6 Å². The summed E-state index contributed by atoms with van der Waals surface area (Å²) in [6.07, 6.45) is 0.0239. The van der Waals surface area contributed by atoms with E-state index in [1.807, 2.05) is 0 Å². The van der Waals surface area contributed by atoms with Crippen LogP contribution in [0.15, 0.2) is 16.6 Å². The van der Waals surface area contributed by atoms with Crippen molar-refractivity contribution in [3.05, 3.63) is 32.5 Å². The van der Waals surface area contributed by atoms with E-state index in [1.54, 1.807) is 4.90 Å². The van der Waals surface area contributed by atoms with Crippen LogP contribution in [0.25, 0.3) is 0 Å². The van der Waals surface area contributed by atoms with E-state index in [0.29, 0.717) is 19.5 Å². The summed E-state index contributed by atoms with van der Waals surface area (Å²) in [6, 6.07) is 2.27. The normalized spacial score (nSPS) is 19.7. The van der Waals surface area contributed by atoms with E-state index in [0.717, 1.165) is 12.1 Å². The summed E-state index contributed by atoms with van der Waals surface area (Å²) in [4.78, 5) is 12.0. The van der Waals surface area contributed by atoms with Crippen LogP contribution in [0.3, 0.4) is 0 Å². The Bertz CT molecular complexity index is 469. The van der Waals surface area contributed by atoms with Crippen molar-refractivity contribution in [1.29, 1.82) is 0 Å². The Kier molecular flexibility index (Phi) is 3.30. The van der Waals surface area contributed by atoms with E-state index in [9.17, 15) is 19.6 Å². The summed E-state index contributed by atoms with van der Waals surface area (Å²) in [5.41, 5.74) is 0.0552. The Hall–Kier alpha value is -1.21. The molecule has 0 aromatic heterocycles. The first-order chi connectivity index (χ1) is 7.99. The molecule has 1 aromatic carbocycles. The Balaban J connectivity index is 2.44. The van der Waals surface area contributed by atoms with Crippen molar-refractivity contribution in [2.24, 2.45) is 0 Å². The first-order valence-corrected chi connectivity index (χ1v) is 5.85. The maximum atomic E-state index is 13.4. The minimum Gasteiger partial charge on any atom is -0.391 e. The lowest BCUT2D eigenvalue weighted by molar-refractivity contribution is -0.384. The smallest absolute Gasteiger partial charge is 0.293 e. The van der Waals surface area contributed by atoms with E-state index in [4.69, 9.17) is 0 Å². The van der Waals surface area contributed by atoms with Gasteiger partial charge in [-0.3, -0.25) is 10.1 Å². The molecule has 1 aromatic rings. The molecule has 1 unspecified atom stereocenters. The van der Waals surface area contributed by atoms with Gasteiger partial charge < -0.3 is 10.0 Å². The summed E-state index contributed by atoms with van der Waals surface area (Å²) >= 11 is 2.92. The average molecular weight is 305 g/mol. The Morgan fingerprint density at radius 1 is 1.59 bits per heavy atom. The lowest BCUT2D eigenvalue weighted by atomic mass is 10.2. The molecule has 1 N–H and O–H groups in total. The molecule has 0 amide bonds. The quantitative estimate of drug-likeness (QED) is 0.671. The maximum absolute atomic E-state index is 13.4. The van der Waals surface area contributed by atoms with Gasteiger partial charge >= 0.3 is 0 Å². The fraction of sp³-hybridized carbons (Fsp3) is 0.400. The van der Waals surface area contributed by atoms with Crippen molar-refractivity contribution in [3.63, 3.8) is 0 Å². The molecule has 1 fully saturated rings. The molecule has 92 valence electrons. The van der Waals surface area contributed by atoms with Crippen LogP contribution in [0.5, 0.6) is 0 Å². The first kappa shape index (κ1) is 12.3. The molecule has 1 aliphatic heterocycles. The number of halogens is 2. The SMILES string of the molecule is O=[N+]([O-])c1cc(Br)c(F)cc1N1CCC(O)C1. The van der Waals surface area contributed by atoms with Gasteiger partial charge in [0.2, 0.25) is 0 Å². The highest BCUT2D eigenvalue weighted by molar-refractivity contribution is 9.10. The lowest BCUT2D eigenvalue weighted by Crippen LogP contribution is -2.22. The van der Waals surface area contributed by atoms with Crippen molar-refractivity contribution < 1.29 is 14.4 Å². The van der Waals surface area contributed by atoms with Crippen LogP contribution in [-0.2, 0) is 0 Å². The van der Waals surface area contributed by atoms with E-state index < -0.39 is 16.8 Å². The predicted octanol–water partition coefficient (Wildman–Crippen LogP) is 2.07. The monoisotopic (exact) mass is 304 g/mol. The number of hydrogen-bond acceptors (Lipinski definition) is 4. The Morgan fingerprint density at radius 2 is 2.29 bits per heavy atom. The molecule has 1 heterocycles. The zero-order valence-corrected chi connectivity index (χ0v) is 10.4. The molecule has 0 bridgehead atoms. The second-order valence-electron chi connectivity index (χ2n) is 3.90. The first-order valence-electron chi connectivity index (χ1n) is 5.05. The molecule has 1 saturated heterocycles. The Morgan fingerprint density at radius 3 is 2.82 bits per heavy atom. The molecule has 17 heavy (non-hydrogen) atoms. The van der Waals surface area contributed by atoms with Crippen LogP contribution in [0.2, 0.25) is 0 Å². The minimum atomic E-state index is -0.551. The fourth-order valence-corrected chi connectivity index (χ4v) is 2.22. The third kappa shape index (κ3) is 2.39. The molecular formula is C10H10BrFN2O3. The molecular weight excluding hydrogens is 295 g/mol. The number of nitro benzene ring substituents is 1. The molecule has 2 rings (SSSR count). The number of rotatable bonds is 2. The zero-order valence-electron chi connectivity index (χ0n) is 8.77. The highest BCUT2D eigenvalue weighted by atomic mass is 79.9. The number of hydrogen-bond donors (Lipinski definition) is 1. The van der Waals surface area contributed by atoms with Gasteiger partial charge in [0.25, 0.3) is 5.69 Å². The highest BCUT2D eigenvalue weighted by Gasteiger charge is 2.27. The van der Waals surface area contributed by atoms with Gasteiger partial charge in [-0.2, -0.15) is 0 Å². The molecule has 5 nitrogen and oxygen atoms in total. The summed E-state index contributed by atoms with van der Waals surface area (Å²) < 4.78 is 13.5. The molecule has 1 aliphatic rings. The van der Waals surface area contributed by atoms with Gasteiger partial charge in [-0.15, -0.1) is 0 Å². The molecule has 0 spiro atoms. The average Bonchev–Trinajstić information content (AvgIpc) is 2.68. The van der Waals surface area contributed by atoms with Gasteiger partial charge in [-0.05, 0) is 22.4 Å². The van der Waals surface area contributed by atoms with E-state index in [2.05, 4.69) is 15.9 Å². The summed E-state index contributed by atoms with van der Waals surface area (Å²) in [5, 5.41) is 20.3. The standard InChI is InChI=1S/C10H10BrFN2O3/c11-7-3-10(14(16)17)9(4-8(7)12)13-2-1-6(15)5-13/h3-4,6,15H,1-2,5H2. The maximum Gasteiger partial charge on any atom is 0.293 e. The second kappa shape index (κ2) is 4.58. The van der Waals surface area contributed by atoms with Crippen molar-refractivity contribution in [2.75, 3.05) is 18.0 Å². The summed E-state index contributed by atoms with van der Waals surface area (Å²) in [7, 11) is 0. The largest absolute Gasteiger partial charge is 0.391 e. The number of nitro groups is 1. The number of nitrogens with zero attached hydrogens (tertiary/aromatic N) is 2. The molecule has 1 atom stereocenters. The molecule has 0 saturated carbocycles. The highest BCUT2D eigenvalue weighted by Crippen LogP contribution is 2.34. The van der Waals surface area contributed by atoms with Crippen LogP contribution < -0.4 is 4.90 Å². The van der Waals surface area contributed by atoms with Crippen LogP contribution in [-0.4, -0.2) is 29.2 Å². The van der Waals surface area contributed by atoms with Gasteiger partial charge in [0, 0.05) is 25.2 Å². The molecule has 0 radical (unpaired) electrons. The zero-order chi connectivity index (χ0) is 12.6. The molecule has 7 heteroatoms. The lowest BCUT2D eigenvalue weighted by Gasteiger charge is -2.17. The number of aliphatic hydroxyl groups is 1. The van der Waals surface area contributed by atoms with Crippen molar-refractivity contribution in [3.8, 4) is 0 Å². The third-order valence-electron chi connectivity index (χ3n) is 2.72. The van der Waals surface area contributed by atoms with Gasteiger partial charge in [0.15, 0.2) is 0 Å². The van der Waals surface area contributed by atoms with Crippen LogP contribution in [0.4, 0.5) is 15.8 Å². The third-order valence-corrected chi connectivity index (χ3v) is 3.33. The van der Waals surface area contributed by atoms with Crippen LogP contribution in [0.1, 0.15) is 6.42 Å². The number of aliphatic hydroxyl groups excluding tert-OH is 1. The summed E-state index contributed by atoms with van der Waals surface area (Å²) in [5.74, 6) is -0.549. The van der Waals surface area contributed by atoms with Crippen LogP contribution >= 0.6 is 15.9 Å². The van der Waals surface area contributed by atoms with Crippen molar-refractivity contribution >= 4 is 27.3 Å². The van der Waals surface area contributed by atoms with E-state index in [-0.39, 0.29) is 15.8 Å². The van der Waals surface area contributed by atoms with Crippen molar-refractivity contribution in [1.82, 2.24) is 0 Å². The van der Waals surface area contributed by atoms with Gasteiger partial charge in [0.1, 0.15) is 11.5 Å². The van der Waals surface area contributed by atoms with E-state index in [1.165, 1.54) is 0 Å². The Labute approximate surface area is 105 Å².